The molecule has 1 aliphatic rings. The number of carbonyl (C=O) groups is 1. The fourth-order valence-electron chi connectivity index (χ4n) is 3.66. The molecule has 168 valence electrons. The van der Waals surface area contributed by atoms with E-state index in [1.807, 2.05) is 12.1 Å². The van der Waals surface area contributed by atoms with E-state index in [9.17, 15) is 13.2 Å². The van der Waals surface area contributed by atoms with Crippen molar-refractivity contribution in [2.75, 3.05) is 32.6 Å². The molecule has 1 aliphatic heterocycles. The molecule has 0 unspecified atom stereocenters. The maximum Gasteiger partial charge on any atom is 0.243 e. The highest BCUT2D eigenvalue weighted by atomic mass is 32.2. The Kier molecular flexibility index (Phi) is 7.92. The molecule has 0 spiro atoms. The standard InChI is InChI=1S/C23H30N2O5S/c1-29-20-14-18(15-21(17-20)30-2)10-11-23(26)24-19-8-7-9-22(16-19)31(27,28)25-12-5-3-4-6-13-25/h7-9,14-17H,3-6,10-13H2,1-2H3,(H,24,26). The molecule has 2 aromatic rings. The molecule has 0 radical (unpaired) electrons. The second-order valence-electron chi connectivity index (χ2n) is 7.62. The number of sulfonamides is 1. The second-order valence-corrected chi connectivity index (χ2v) is 9.55. The first kappa shape index (κ1) is 23.1. The highest BCUT2D eigenvalue weighted by Gasteiger charge is 2.25. The largest absolute Gasteiger partial charge is 0.497 e. The summed E-state index contributed by atoms with van der Waals surface area (Å²) in [4.78, 5) is 12.7. The highest BCUT2D eigenvalue weighted by molar-refractivity contribution is 7.89. The third kappa shape index (κ3) is 6.21. The summed E-state index contributed by atoms with van der Waals surface area (Å²) in [7, 11) is -0.398. The number of aryl methyl sites for hydroxylation is 1. The number of amides is 1. The van der Waals surface area contributed by atoms with Gasteiger partial charge in [0, 0.05) is 31.3 Å². The molecular formula is C23H30N2O5S. The van der Waals surface area contributed by atoms with Crippen molar-refractivity contribution in [3.63, 3.8) is 0 Å². The molecule has 0 atom stereocenters. The van der Waals surface area contributed by atoms with Crippen molar-refractivity contribution in [3.05, 3.63) is 48.0 Å². The third-order valence-electron chi connectivity index (χ3n) is 5.37. The van der Waals surface area contributed by atoms with Crippen LogP contribution in [0.15, 0.2) is 47.4 Å². The predicted molar refractivity (Wildman–Crippen MR) is 120 cm³/mol. The van der Waals surface area contributed by atoms with Gasteiger partial charge in [0.25, 0.3) is 0 Å². The Morgan fingerprint density at radius 3 is 2.23 bits per heavy atom. The molecule has 1 N–H and O–H groups in total. The number of carbonyl (C=O) groups excluding carboxylic acids is 1. The van der Waals surface area contributed by atoms with E-state index < -0.39 is 10.0 Å². The molecule has 8 heteroatoms. The van der Waals surface area contributed by atoms with Crippen LogP contribution in [0.4, 0.5) is 5.69 Å². The number of benzene rings is 2. The molecule has 0 aromatic heterocycles. The van der Waals surface area contributed by atoms with Crippen LogP contribution >= 0.6 is 0 Å². The summed E-state index contributed by atoms with van der Waals surface area (Å²) in [5.41, 5.74) is 1.40. The lowest BCUT2D eigenvalue weighted by atomic mass is 10.1. The highest BCUT2D eigenvalue weighted by Crippen LogP contribution is 2.24. The fraction of sp³-hybridized carbons (Fsp3) is 0.435. The molecule has 1 heterocycles. The third-order valence-corrected chi connectivity index (χ3v) is 7.27. The Bertz CT molecular complexity index is 977. The summed E-state index contributed by atoms with van der Waals surface area (Å²) in [6.45, 7) is 1.09. The first-order valence-electron chi connectivity index (χ1n) is 10.5. The van der Waals surface area contributed by atoms with Crippen molar-refractivity contribution in [2.45, 2.75) is 43.4 Å². The minimum absolute atomic E-state index is 0.189. The molecule has 2 aromatic carbocycles. The molecule has 3 rings (SSSR count). The van der Waals surface area contributed by atoms with Crippen LogP contribution in [0.2, 0.25) is 0 Å². The molecule has 1 fully saturated rings. The number of ether oxygens (including phenoxy) is 2. The normalized spacial score (nSPS) is 15.2. The van der Waals surface area contributed by atoms with Gasteiger partial charge >= 0.3 is 0 Å². The van der Waals surface area contributed by atoms with E-state index in [1.165, 1.54) is 6.07 Å². The first-order chi connectivity index (χ1) is 14.9. The van der Waals surface area contributed by atoms with Crippen molar-refractivity contribution in [1.82, 2.24) is 4.31 Å². The van der Waals surface area contributed by atoms with Crippen LogP contribution in [0.5, 0.6) is 11.5 Å². The van der Waals surface area contributed by atoms with Gasteiger partial charge in [-0.3, -0.25) is 4.79 Å². The van der Waals surface area contributed by atoms with Gasteiger partial charge in [0.15, 0.2) is 0 Å². The average Bonchev–Trinajstić information content (AvgIpc) is 3.08. The number of nitrogens with one attached hydrogen (secondary N) is 1. The maximum atomic E-state index is 13.0. The monoisotopic (exact) mass is 446 g/mol. The first-order valence-corrected chi connectivity index (χ1v) is 12.0. The summed E-state index contributed by atoms with van der Waals surface area (Å²) in [5, 5.41) is 2.81. The molecular weight excluding hydrogens is 416 g/mol. The van der Waals surface area contributed by atoms with Crippen LogP contribution in [0.25, 0.3) is 0 Å². The minimum atomic E-state index is -3.56. The fourth-order valence-corrected chi connectivity index (χ4v) is 5.22. The molecule has 1 saturated heterocycles. The zero-order valence-corrected chi connectivity index (χ0v) is 18.9. The summed E-state index contributed by atoms with van der Waals surface area (Å²) >= 11 is 0. The van der Waals surface area contributed by atoms with Gasteiger partial charge in [0.05, 0.1) is 19.1 Å². The Morgan fingerprint density at radius 2 is 1.61 bits per heavy atom. The van der Waals surface area contributed by atoms with Gasteiger partial charge in [-0.2, -0.15) is 4.31 Å². The zero-order chi connectivity index (χ0) is 22.3. The van der Waals surface area contributed by atoms with Gasteiger partial charge < -0.3 is 14.8 Å². The summed E-state index contributed by atoms with van der Waals surface area (Å²) in [5.74, 6) is 1.15. The van der Waals surface area contributed by atoms with Gasteiger partial charge in [0.1, 0.15) is 11.5 Å². The number of hydrogen-bond acceptors (Lipinski definition) is 5. The average molecular weight is 447 g/mol. The van der Waals surface area contributed by atoms with Crippen LogP contribution in [0.1, 0.15) is 37.7 Å². The van der Waals surface area contributed by atoms with Gasteiger partial charge in [0.2, 0.25) is 15.9 Å². The molecule has 1 amide bonds. The molecule has 0 saturated carbocycles. The number of rotatable bonds is 8. The van der Waals surface area contributed by atoms with E-state index in [4.69, 9.17) is 9.47 Å². The lowest BCUT2D eigenvalue weighted by Gasteiger charge is -2.20. The second kappa shape index (κ2) is 10.6. The lowest BCUT2D eigenvalue weighted by molar-refractivity contribution is -0.116. The topological polar surface area (TPSA) is 84.9 Å². The van der Waals surface area contributed by atoms with E-state index in [0.29, 0.717) is 36.7 Å². The SMILES string of the molecule is COc1cc(CCC(=O)Nc2cccc(S(=O)(=O)N3CCCCCC3)c2)cc(OC)c1. The quantitative estimate of drug-likeness (QED) is 0.666. The summed E-state index contributed by atoms with van der Waals surface area (Å²) < 4.78 is 38.1. The minimum Gasteiger partial charge on any atom is -0.497 e. The van der Waals surface area contributed by atoms with Crippen molar-refractivity contribution >= 4 is 21.6 Å². The number of methoxy groups -OCH3 is 2. The van der Waals surface area contributed by atoms with Crippen molar-refractivity contribution in [1.29, 1.82) is 0 Å². The van der Waals surface area contributed by atoms with Crippen LogP contribution in [-0.4, -0.2) is 45.9 Å². The summed E-state index contributed by atoms with van der Waals surface area (Å²) in [6.07, 6.45) is 4.63. The zero-order valence-electron chi connectivity index (χ0n) is 18.1. The van der Waals surface area contributed by atoms with E-state index in [1.54, 1.807) is 42.8 Å². The lowest BCUT2D eigenvalue weighted by Crippen LogP contribution is -2.32. The predicted octanol–water partition coefficient (Wildman–Crippen LogP) is 3.84. The Hall–Kier alpha value is -2.58. The molecule has 31 heavy (non-hydrogen) atoms. The van der Waals surface area contributed by atoms with E-state index in [0.717, 1.165) is 31.2 Å². The molecule has 0 aliphatic carbocycles. The smallest absolute Gasteiger partial charge is 0.243 e. The number of hydrogen-bond donors (Lipinski definition) is 1. The Balaban J connectivity index is 1.65. The summed E-state index contributed by atoms with van der Waals surface area (Å²) in [6, 6.07) is 12.0. The van der Waals surface area contributed by atoms with Crippen molar-refractivity contribution in [3.8, 4) is 11.5 Å². The van der Waals surface area contributed by atoms with Gasteiger partial charge in [-0.1, -0.05) is 18.9 Å². The van der Waals surface area contributed by atoms with Crippen molar-refractivity contribution < 1.29 is 22.7 Å². The number of anilines is 1. The molecule has 7 nitrogen and oxygen atoms in total. The maximum absolute atomic E-state index is 13.0. The van der Waals surface area contributed by atoms with Gasteiger partial charge in [-0.15, -0.1) is 0 Å². The van der Waals surface area contributed by atoms with Crippen LogP contribution in [0.3, 0.4) is 0 Å². The Morgan fingerprint density at radius 1 is 0.968 bits per heavy atom. The molecule has 0 bridgehead atoms. The van der Waals surface area contributed by atoms with Crippen LogP contribution in [0, 0.1) is 0 Å². The van der Waals surface area contributed by atoms with E-state index in [-0.39, 0.29) is 17.2 Å². The van der Waals surface area contributed by atoms with E-state index >= 15 is 0 Å². The van der Waals surface area contributed by atoms with E-state index in [2.05, 4.69) is 5.32 Å². The van der Waals surface area contributed by atoms with Crippen LogP contribution < -0.4 is 14.8 Å². The van der Waals surface area contributed by atoms with Gasteiger partial charge in [-0.25, -0.2) is 8.42 Å². The number of nitrogens with zero attached hydrogens (tertiary/aromatic N) is 1. The Labute approximate surface area is 184 Å². The van der Waals surface area contributed by atoms with Gasteiger partial charge in [-0.05, 0) is 55.2 Å². The van der Waals surface area contributed by atoms with Crippen molar-refractivity contribution in [2.24, 2.45) is 0 Å². The van der Waals surface area contributed by atoms with Crippen LogP contribution in [-0.2, 0) is 21.2 Å².